The minimum atomic E-state index is -0.658. The highest BCUT2D eigenvalue weighted by Gasteiger charge is 2.13. The Morgan fingerprint density at radius 2 is 1.88 bits per heavy atom. The monoisotopic (exact) mass is 232 g/mol. The smallest absolute Gasteiger partial charge is 0.0887 e. The Labute approximate surface area is 103 Å². The van der Waals surface area contributed by atoms with Gasteiger partial charge >= 0.3 is 0 Å². The van der Waals surface area contributed by atoms with E-state index in [-0.39, 0.29) is 0 Å². The van der Waals surface area contributed by atoms with Crippen molar-refractivity contribution in [1.29, 1.82) is 10.8 Å². The molecule has 0 aliphatic carbocycles. The third-order valence-corrected chi connectivity index (χ3v) is 2.85. The van der Waals surface area contributed by atoms with Crippen molar-refractivity contribution in [3.05, 3.63) is 35.9 Å². The maximum atomic E-state index is 9.51. The summed E-state index contributed by atoms with van der Waals surface area (Å²) in [7, 11) is 0. The van der Waals surface area contributed by atoms with Gasteiger partial charge in [-0.15, -0.1) is 0 Å². The third kappa shape index (κ3) is 5.41. The van der Waals surface area contributed by atoms with Crippen LogP contribution in [0.15, 0.2) is 30.3 Å². The van der Waals surface area contributed by atoms with E-state index in [9.17, 15) is 5.11 Å². The van der Waals surface area contributed by atoms with Crippen LogP contribution in [-0.4, -0.2) is 23.6 Å². The minimum Gasteiger partial charge on any atom is -0.387 e. The number of aliphatic hydroxyl groups is 1. The summed E-state index contributed by atoms with van der Waals surface area (Å²) in [4.78, 5) is 0. The van der Waals surface area contributed by atoms with Gasteiger partial charge in [0.2, 0.25) is 0 Å². The van der Waals surface area contributed by atoms with Gasteiger partial charge in [-0.1, -0.05) is 30.3 Å². The van der Waals surface area contributed by atoms with E-state index in [0.717, 1.165) is 25.5 Å². The second-order valence-corrected chi connectivity index (χ2v) is 4.31. The molecule has 0 saturated carbocycles. The average molecular weight is 232 g/mol. The number of hydrogen-bond donors (Lipinski definition) is 3. The fraction of sp³-hybridized carbons (Fsp3) is 0.429. The Kier molecular flexibility index (Phi) is 6.18. The fourth-order valence-electron chi connectivity index (χ4n) is 1.98. The molecule has 3 nitrogen and oxygen atoms in total. The van der Waals surface area contributed by atoms with Crippen LogP contribution in [0.25, 0.3) is 0 Å². The summed E-state index contributed by atoms with van der Waals surface area (Å²) >= 11 is 0. The molecule has 0 heterocycles. The Morgan fingerprint density at radius 3 is 2.47 bits per heavy atom. The van der Waals surface area contributed by atoms with Crippen molar-refractivity contribution in [3.63, 3.8) is 0 Å². The van der Waals surface area contributed by atoms with E-state index >= 15 is 0 Å². The molecule has 1 aromatic rings. The molecule has 2 atom stereocenters. The molecule has 1 aromatic carbocycles. The first-order valence-corrected chi connectivity index (χ1v) is 5.97. The molecule has 2 unspecified atom stereocenters. The molecule has 0 fully saturated rings. The van der Waals surface area contributed by atoms with Gasteiger partial charge in [0.25, 0.3) is 0 Å². The zero-order valence-electron chi connectivity index (χ0n) is 9.97. The van der Waals surface area contributed by atoms with E-state index in [1.165, 1.54) is 11.8 Å². The van der Waals surface area contributed by atoms with Gasteiger partial charge in [-0.2, -0.15) is 0 Å². The average Bonchev–Trinajstić information content (AvgIpc) is 2.37. The predicted octanol–water partition coefficient (Wildman–Crippen LogP) is 2.68. The lowest BCUT2D eigenvalue weighted by molar-refractivity contribution is 0.204. The molecule has 0 aliphatic heterocycles. The van der Waals surface area contributed by atoms with E-state index in [1.54, 1.807) is 0 Å². The van der Waals surface area contributed by atoms with Gasteiger partial charge in [-0.05, 0) is 43.4 Å². The second-order valence-electron chi connectivity index (χ2n) is 4.31. The van der Waals surface area contributed by atoms with Crippen molar-refractivity contribution in [2.45, 2.75) is 31.8 Å². The molecule has 92 valence electrons. The SMILES string of the molecule is N=CCCC(Cc1ccccc1)CC(O)C=N. The van der Waals surface area contributed by atoms with Gasteiger partial charge in [0, 0.05) is 6.21 Å². The van der Waals surface area contributed by atoms with E-state index < -0.39 is 6.10 Å². The summed E-state index contributed by atoms with van der Waals surface area (Å²) in [6.45, 7) is 0. The summed E-state index contributed by atoms with van der Waals surface area (Å²) in [6, 6.07) is 10.2. The number of hydrogen-bond acceptors (Lipinski definition) is 3. The molecule has 17 heavy (non-hydrogen) atoms. The summed E-state index contributed by atoms with van der Waals surface area (Å²) in [6.07, 6.45) is 4.98. The molecule has 0 amide bonds. The number of aliphatic hydroxyl groups excluding tert-OH is 1. The quantitative estimate of drug-likeness (QED) is 0.593. The minimum absolute atomic E-state index is 0.329. The van der Waals surface area contributed by atoms with Crippen LogP contribution in [0.5, 0.6) is 0 Å². The van der Waals surface area contributed by atoms with Crippen molar-refractivity contribution in [2.75, 3.05) is 0 Å². The lowest BCUT2D eigenvalue weighted by Crippen LogP contribution is -2.16. The van der Waals surface area contributed by atoms with Crippen LogP contribution in [0.2, 0.25) is 0 Å². The van der Waals surface area contributed by atoms with Gasteiger partial charge in [0.1, 0.15) is 0 Å². The predicted molar refractivity (Wildman–Crippen MR) is 71.1 cm³/mol. The zero-order valence-corrected chi connectivity index (χ0v) is 9.97. The molecule has 3 heteroatoms. The van der Waals surface area contributed by atoms with Crippen LogP contribution < -0.4 is 0 Å². The molecule has 0 radical (unpaired) electrons. The van der Waals surface area contributed by atoms with Crippen LogP contribution in [0.1, 0.15) is 24.8 Å². The molecular formula is C14H20N2O. The maximum absolute atomic E-state index is 9.51. The Hall–Kier alpha value is -1.48. The highest BCUT2D eigenvalue weighted by Crippen LogP contribution is 2.18. The third-order valence-electron chi connectivity index (χ3n) is 2.85. The van der Waals surface area contributed by atoms with E-state index in [0.29, 0.717) is 12.3 Å². The van der Waals surface area contributed by atoms with Crippen molar-refractivity contribution in [1.82, 2.24) is 0 Å². The van der Waals surface area contributed by atoms with Crippen LogP contribution >= 0.6 is 0 Å². The molecule has 0 bridgehead atoms. The number of nitrogens with one attached hydrogen (secondary N) is 2. The van der Waals surface area contributed by atoms with Gasteiger partial charge in [-0.25, -0.2) is 0 Å². The van der Waals surface area contributed by atoms with Crippen LogP contribution in [-0.2, 0) is 6.42 Å². The summed E-state index contributed by atoms with van der Waals surface area (Å²) < 4.78 is 0. The highest BCUT2D eigenvalue weighted by molar-refractivity contribution is 5.58. The van der Waals surface area contributed by atoms with E-state index in [1.807, 2.05) is 18.2 Å². The zero-order chi connectivity index (χ0) is 12.5. The van der Waals surface area contributed by atoms with Crippen LogP contribution in [0.4, 0.5) is 0 Å². The first-order chi connectivity index (χ1) is 8.26. The maximum Gasteiger partial charge on any atom is 0.0887 e. The molecule has 1 rings (SSSR count). The normalized spacial score (nSPS) is 13.9. The number of rotatable bonds is 8. The Balaban J connectivity index is 2.56. The lowest BCUT2D eigenvalue weighted by atomic mass is 9.90. The standard InChI is InChI=1S/C14H20N2O/c15-8-4-7-13(10-14(17)11-16)9-12-5-2-1-3-6-12/h1-3,5-6,8,11,13-17H,4,7,9-10H2. The number of benzene rings is 1. The topological polar surface area (TPSA) is 67.9 Å². The summed E-state index contributed by atoms with van der Waals surface area (Å²) in [5.74, 6) is 0.329. The first kappa shape index (κ1) is 13.6. The first-order valence-electron chi connectivity index (χ1n) is 5.97. The van der Waals surface area contributed by atoms with Crippen molar-refractivity contribution < 1.29 is 5.11 Å². The molecule has 0 spiro atoms. The van der Waals surface area contributed by atoms with Crippen molar-refractivity contribution >= 4 is 12.4 Å². The Bertz CT molecular complexity index is 337. The van der Waals surface area contributed by atoms with Crippen LogP contribution in [0, 0.1) is 16.7 Å². The molecular weight excluding hydrogens is 212 g/mol. The largest absolute Gasteiger partial charge is 0.387 e. The van der Waals surface area contributed by atoms with Crippen molar-refractivity contribution in [2.24, 2.45) is 5.92 Å². The highest BCUT2D eigenvalue weighted by atomic mass is 16.3. The summed E-state index contributed by atoms with van der Waals surface area (Å²) in [5, 5.41) is 23.6. The van der Waals surface area contributed by atoms with Crippen LogP contribution in [0.3, 0.4) is 0 Å². The lowest BCUT2D eigenvalue weighted by Gasteiger charge is -2.17. The van der Waals surface area contributed by atoms with Gasteiger partial charge in [-0.3, -0.25) is 0 Å². The summed E-state index contributed by atoms with van der Waals surface area (Å²) in [5.41, 5.74) is 1.25. The van der Waals surface area contributed by atoms with E-state index in [2.05, 4.69) is 12.1 Å². The molecule has 3 N–H and O–H groups in total. The Morgan fingerprint density at radius 1 is 1.18 bits per heavy atom. The van der Waals surface area contributed by atoms with Crippen molar-refractivity contribution in [3.8, 4) is 0 Å². The molecule has 0 saturated heterocycles. The van der Waals surface area contributed by atoms with E-state index in [4.69, 9.17) is 10.8 Å². The molecule has 0 aromatic heterocycles. The van der Waals surface area contributed by atoms with Gasteiger partial charge in [0.05, 0.1) is 6.10 Å². The molecule has 0 aliphatic rings. The second kappa shape index (κ2) is 7.74. The van der Waals surface area contributed by atoms with Gasteiger partial charge in [0.15, 0.2) is 0 Å². The fourth-order valence-corrected chi connectivity index (χ4v) is 1.98. The van der Waals surface area contributed by atoms with Gasteiger partial charge < -0.3 is 15.9 Å².